The molecule has 1 fully saturated rings. The molecule has 1 rings (SSSR count). The highest BCUT2D eigenvalue weighted by molar-refractivity contribution is 4.88. The Bertz CT molecular complexity index is 198. The van der Waals surface area contributed by atoms with Gasteiger partial charge in [0.1, 0.15) is 0 Å². The second kappa shape index (κ2) is 4.81. The molecule has 1 aliphatic carbocycles. The van der Waals surface area contributed by atoms with E-state index in [1.807, 2.05) is 0 Å². The molecule has 0 heterocycles. The molecule has 3 heteroatoms. The molecule has 15 heavy (non-hydrogen) atoms. The van der Waals surface area contributed by atoms with Crippen LogP contribution < -0.4 is 0 Å². The molecule has 0 radical (unpaired) electrons. The molecule has 3 nitrogen and oxygen atoms in total. The number of rotatable bonds is 2. The summed E-state index contributed by atoms with van der Waals surface area (Å²) in [7, 11) is 0. The quantitative estimate of drug-likeness (QED) is 0.610. The van der Waals surface area contributed by atoms with Crippen LogP contribution in [0.5, 0.6) is 0 Å². The summed E-state index contributed by atoms with van der Waals surface area (Å²) in [4.78, 5) is 0. The van der Waals surface area contributed by atoms with Crippen molar-refractivity contribution in [3.63, 3.8) is 0 Å². The molecule has 1 aliphatic rings. The molecule has 0 aromatic carbocycles. The average molecular weight is 216 g/mol. The third kappa shape index (κ3) is 3.44. The molecule has 3 N–H and O–H groups in total. The molecule has 0 bridgehead atoms. The lowest BCUT2D eigenvalue weighted by Gasteiger charge is -2.35. The Morgan fingerprint density at radius 1 is 1.27 bits per heavy atom. The average Bonchev–Trinajstić information content (AvgIpc) is 2.25. The van der Waals surface area contributed by atoms with Crippen molar-refractivity contribution in [1.82, 2.24) is 0 Å². The van der Waals surface area contributed by atoms with Gasteiger partial charge in [-0.2, -0.15) is 0 Å². The smallest absolute Gasteiger partial charge is 0.0853 e. The lowest BCUT2D eigenvalue weighted by Crippen LogP contribution is -2.44. The first kappa shape index (κ1) is 12.9. The normalized spacial score (nSPS) is 36.0. The van der Waals surface area contributed by atoms with Gasteiger partial charge in [-0.05, 0) is 38.5 Å². The van der Waals surface area contributed by atoms with Gasteiger partial charge in [0.15, 0.2) is 0 Å². The standard InChI is InChI=1S/C12H24O3/c1-8-5-4-6-9(13)7-10(8)11(14)12(2,3)15/h8-11,13-15H,4-7H2,1-3H3/t8?,9-,10?,11?/m1/s1. The van der Waals surface area contributed by atoms with Crippen molar-refractivity contribution in [1.29, 1.82) is 0 Å². The van der Waals surface area contributed by atoms with Crippen LogP contribution in [0.1, 0.15) is 46.5 Å². The van der Waals surface area contributed by atoms with Gasteiger partial charge < -0.3 is 15.3 Å². The Morgan fingerprint density at radius 3 is 2.40 bits per heavy atom. The van der Waals surface area contributed by atoms with Gasteiger partial charge in [-0.1, -0.05) is 19.8 Å². The second-order valence-corrected chi connectivity index (χ2v) is 5.56. The monoisotopic (exact) mass is 216 g/mol. The van der Waals surface area contributed by atoms with Gasteiger partial charge in [-0.3, -0.25) is 0 Å². The van der Waals surface area contributed by atoms with Gasteiger partial charge in [0.2, 0.25) is 0 Å². The third-order valence-corrected chi connectivity index (χ3v) is 3.60. The largest absolute Gasteiger partial charge is 0.393 e. The molecule has 0 spiro atoms. The number of hydrogen-bond acceptors (Lipinski definition) is 3. The summed E-state index contributed by atoms with van der Waals surface area (Å²) in [5.74, 6) is 0.367. The van der Waals surface area contributed by atoms with E-state index in [9.17, 15) is 15.3 Å². The van der Waals surface area contributed by atoms with E-state index >= 15 is 0 Å². The fourth-order valence-corrected chi connectivity index (χ4v) is 2.52. The third-order valence-electron chi connectivity index (χ3n) is 3.60. The van der Waals surface area contributed by atoms with Gasteiger partial charge in [-0.25, -0.2) is 0 Å². The van der Waals surface area contributed by atoms with Crippen LogP contribution in [-0.4, -0.2) is 33.1 Å². The van der Waals surface area contributed by atoms with Crippen LogP contribution in [0.3, 0.4) is 0 Å². The Hall–Kier alpha value is -0.120. The van der Waals surface area contributed by atoms with E-state index in [4.69, 9.17) is 0 Å². The maximum atomic E-state index is 10.1. The minimum absolute atomic E-state index is 0.00231. The minimum atomic E-state index is -1.08. The molecular weight excluding hydrogens is 192 g/mol. The van der Waals surface area contributed by atoms with Gasteiger partial charge in [0.05, 0.1) is 17.8 Å². The van der Waals surface area contributed by atoms with E-state index < -0.39 is 11.7 Å². The molecular formula is C12H24O3. The van der Waals surface area contributed by atoms with Gasteiger partial charge in [-0.15, -0.1) is 0 Å². The van der Waals surface area contributed by atoms with Crippen LogP contribution in [0.4, 0.5) is 0 Å². The van der Waals surface area contributed by atoms with Crippen LogP contribution in [0.15, 0.2) is 0 Å². The zero-order valence-corrected chi connectivity index (χ0v) is 9.98. The van der Waals surface area contributed by atoms with E-state index in [2.05, 4.69) is 6.92 Å². The predicted octanol–water partition coefficient (Wildman–Crippen LogP) is 1.31. The van der Waals surface area contributed by atoms with Crippen LogP contribution in [0, 0.1) is 11.8 Å². The van der Waals surface area contributed by atoms with E-state index in [1.165, 1.54) is 0 Å². The van der Waals surface area contributed by atoms with Crippen molar-refractivity contribution in [2.45, 2.75) is 64.3 Å². The van der Waals surface area contributed by atoms with Crippen LogP contribution in [-0.2, 0) is 0 Å². The van der Waals surface area contributed by atoms with Crippen molar-refractivity contribution >= 4 is 0 Å². The Kier molecular flexibility index (Phi) is 4.15. The van der Waals surface area contributed by atoms with Crippen molar-refractivity contribution in [3.8, 4) is 0 Å². The number of hydrogen-bond donors (Lipinski definition) is 3. The summed E-state index contributed by atoms with van der Waals surface area (Å²) in [6.45, 7) is 5.35. The van der Waals surface area contributed by atoms with E-state index in [1.54, 1.807) is 13.8 Å². The first-order valence-corrected chi connectivity index (χ1v) is 5.91. The highest BCUT2D eigenvalue weighted by Gasteiger charge is 2.37. The summed E-state index contributed by atoms with van der Waals surface area (Å²) in [5.41, 5.74) is -1.08. The zero-order chi connectivity index (χ0) is 11.6. The van der Waals surface area contributed by atoms with Gasteiger partial charge >= 0.3 is 0 Å². The molecule has 1 saturated carbocycles. The Balaban J connectivity index is 2.71. The SMILES string of the molecule is CC1CCC[C@@H](O)CC1C(O)C(C)(C)O. The van der Waals surface area contributed by atoms with Crippen LogP contribution >= 0.6 is 0 Å². The highest BCUT2D eigenvalue weighted by Crippen LogP contribution is 2.34. The van der Waals surface area contributed by atoms with Gasteiger partial charge in [0, 0.05) is 0 Å². The Labute approximate surface area is 92.1 Å². The van der Waals surface area contributed by atoms with Crippen molar-refractivity contribution in [2.24, 2.45) is 11.8 Å². The van der Waals surface area contributed by atoms with Crippen molar-refractivity contribution in [3.05, 3.63) is 0 Å². The molecule has 0 aromatic rings. The lowest BCUT2D eigenvalue weighted by molar-refractivity contribution is -0.0941. The maximum Gasteiger partial charge on any atom is 0.0853 e. The van der Waals surface area contributed by atoms with Crippen LogP contribution in [0.25, 0.3) is 0 Å². The molecule has 0 amide bonds. The summed E-state index contributed by atoms with van der Waals surface area (Å²) in [5, 5.41) is 29.6. The van der Waals surface area contributed by atoms with Gasteiger partial charge in [0.25, 0.3) is 0 Å². The highest BCUT2D eigenvalue weighted by atomic mass is 16.3. The van der Waals surface area contributed by atoms with E-state index in [0.717, 1.165) is 19.3 Å². The fraction of sp³-hybridized carbons (Fsp3) is 1.00. The molecule has 0 aromatic heterocycles. The molecule has 4 atom stereocenters. The minimum Gasteiger partial charge on any atom is -0.393 e. The van der Waals surface area contributed by atoms with Crippen LogP contribution in [0.2, 0.25) is 0 Å². The lowest BCUT2D eigenvalue weighted by atomic mass is 9.79. The number of aliphatic hydroxyl groups excluding tert-OH is 2. The maximum absolute atomic E-state index is 10.1. The van der Waals surface area contributed by atoms with E-state index in [0.29, 0.717) is 12.3 Å². The molecule has 3 unspecified atom stereocenters. The topological polar surface area (TPSA) is 60.7 Å². The molecule has 90 valence electrons. The first-order chi connectivity index (χ1) is 6.82. The summed E-state index contributed by atoms with van der Waals surface area (Å²) < 4.78 is 0. The zero-order valence-electron chi connectivity index (χ0n) is 9.98. The summed E-state index contributed by atoms with van der Waals surface area (Å²) in [6, 6.07) is 0. The van der Waals surface area contributed by atoms with E-state index in [-0.39, 0.29) is 12.0 Å². The van der Waals surface area contributed by atoms with Crippen molar-refractivity contribution in [2.75, 3.05) is 0 Å². The second-order valence-electron chi connectivity index (χ2n) is 5.56. The predicted molar refractivity (Wildman–Crippen MR) is 59.4 cm³/mol. The first-order valence-electron chi connectivity index (χ1n) is 5.91. The molecule has 0 aliphatic heterocycles. The fourth-order valence-electron chi connectivity index (χ4n) is 2.52. The number of aliphatic hydroxyl groups is 3. The summed E-state index contributed by atoms with van der Waals surface area (Å²) in [6.07, 6.45) is 2.38. The van der Waals surface area contributed by atoms with Crippen molar-refractivity contribution < 1.29 is 15.3 Å². The molecule has 0 saturated heterocycles. The Morgan fingerprint density at radius 2 is 1.87 bits per heavy atom. The summed E-state index contributed by atoms with van der Waals surface area (Å²) >= 11 is 0.